The molecule has 16 heavy (non-hydrogen) atoms. The molecular weight excluding hydrogens is 202 g/mol. The summed E-state index contributed by atoms with van der Waals surface area (Å²) in [7, 11) is 1.82. The van der Waals surface area contributed by atoms with Gasteiger partial charge in [0.2, 0.25) is 0 Å². The van der Waals surface area contributed by atoms with Gasteiger partial charge in [0.1, 0.15) is 5.69 Å². The van der Waals surface area contributed by atoms with Crippen LogP contribution in [0.1, 0.15) is 10.5 Å². The van der Waals surface area contributed by atoms with Gasteiger partial charge >= 0.3 is 0 Å². The molecule has 3 N–H and O–H groups in total. The lowest BCUT2D eigenvalue weighted by molar-refractivity contribution is 0.102. The van der Waals surface area contributed by atoms with Crippen LogP contribution in [0.5, 0.6) is 0 Å². The molecule has 0 fully saturated rings. The second kappa shape index (κ2) is 4.53. The lowest BCUT2D eigenvalue weighted by atomic mass is 10.2. The van der Waals surface area contributed by atoms with Crippen LogP contribution in [0.3, 0.4) is 0 Å². The molecule has 1 amide bonds. The first-order valence-electron chi connectivity index (χ1n) is 5.03. The Bertz CT molecular complexity index is 477. The van der Waals surface area contributed by atoms with Crippen molar-refractivity contribution in [2.75, 3.05) is 17.7 Å². The van der Waals surface area contributed by atoms with E-state index in [-0.39, 0.29) is 5.91 Å². The number of aromatic amines is 1. The summed E-state index contributed by atoms with van der Waals surface area (Å²) in [5.74, 6) is -0.146. The lowest BCUT2D eigenvalue weighted by Gasteiger charge is -2.09. The number of carbonyl (C=O) groups is 1. The highest BCUT2D eigenvalue weighted by molar-refractivity contribution is 6.04. The Morgan fingerprint density at radius 1 is 1.12 bits per heavy atom. The Labute approximate surface area is 93.7 Å². The van der Waals surface area contributed by atoms with Gasteiger partial charge in [-0.3, -0.25) is 4.79 Å². The molecule has 0 spiro atoms. The van der Waals surface area contributed by atoms with E-state index in [0.29, 0.717) is 5.69 Å². The first-order valence-corrected chi connectivity index (χ1v) is 5.03. The monoisotopic (exact) mass is 215 g/mol. The van der Waals surface area contributed by atoms with Crippen molar-refractivity contribution in [2.45, 2.75) is 0 Å². The molecule has 1 aromatic carbocycles. The summed E-state index contributed by atoms with van der Waals surface area (Å²) in [6.07, 6.45) is 1.72. The van der Waals surface area contributed by atoms with E-state index in [0.717, 1.165) is 11.4 Å². The number of anilines is 2. The largest absolute Gasteiger partial charge is 0.386 e. The SMILES string of the molecule is CNc1ccccc1NC(=O)c1ccc[nH]1. The van der Waals surface area contributed by atoms with E-state index in [4.69, 9.17) is 0 Å². The average Bonchev–Trinajstić information content (AvgIpc) is 2.83. The van der Waals surface area contributed by atoms with Gasteiger partial charge in [0.05, 0.1) is 11.4 Å². The number of hydrogen-bond donors (Lipinski definition) is 3. The molecule has 2 aromatic rings. The Hall–Kier alpha value is -2.23. The first-order chi connectivity index (χ1) is 7.81. The highest BCUT2D eigenvalue weighted by Gasteiger charge is 2.08. The van der Waals surface area contributed by atoms with Gasteiger partial charge in [-0.25, -0.2) is 0 Å². The molecule has 0 bridgehead atoms. The predicted octanol–water partition coefficient (Wildman–Crippen LogP) is 2.31. The summed E-state index contributed by atoms with van der Waals surface area (Å²) in [5.41, 5.74) is 2.21. The molecule has 0 aliphatic heterocycles. The highest BCUT2D eigenvalue weighted by Crippen LogP contribution is 2.20. The Balaban J connectivity index is 2.18. The zero-order valence-electron chi connectivity index (χ0n) is 8.95. The molecule has 0 atom stereocenters. The van der Waals surface area contributed by atoms with Crippen LogP contribution in [0.25, 0.3) is 0 Å². The standard InChI is InChI=1S/C12H13N3O/c1-13-9-5-2-3-6-10(9)15-12(16)11-7-4-8-14-11/h2-8,13-14H,1H3,(H,15,16). The molecular formula is C12H13N3O. The predicted molar refractivity (Wildman–Crippen MR) is 64.7 cm³/mol. The van der Waals surface area contributed by atoms with Crippen molar-refractivity contribution in [1.29, 1.82) is 0 Å². The van der Waals surface area contributed by atoms with Gasteiger partial charge in [0, 0.05) is 13.2 Å². The fourth-order valence-electron chi connectivity index (χ4n) is 1.47. The van der Waals surface area contributed by atoms with Crippen LogP contribution in [0.2, 0.25) is 0 Å². The maximum Gasteiger partial charge on any atom is 0.272 e. The lowest BCUT2D eigenvalue weighted by Crippen LogP contribution is -2.13. The van der Waals surface area contributed by atoms with E-state index in [2.05, 4.69) is 15.6 Å². The molecule has 0 aliphatic rings. The van der Waals surface area contributed by atoms with E-state index in [1.807, 2.05) is 31.3 Å². The molecule has 1 aromatic heterocycles. The van der Waals surface area contributed by atoms with Gasteiger partial charge < -0.3 is 15.6 Å². The minimum Gasteiger partial charge on any atom is -0.386 e. The van der Waals surface area contributed by atoms with Gasteiger partial charge in [0.15, 0.2) is 0 Å². The zero-order chi connectivity index (χ0) is 11.4. The molecule has 4 heteroatoms. The van der Waals surface area contributed by atoms with Crippen molar-refractivity contribution in [1.82, 2.24) is 4.98 Å². The third kappa shape index (κ3) is 2.06. The van der Waals surface area contributed by atoms with Gasteiger partial charge in [-0.05, 0) is 24.3 Å². The second-order valence-corrected chi connectivity index (χ2v) is 3.33. The Morgan fingerprint density at radius 2 is 1.88 bits per heavy atom. The van der Waals surface area contributed by atoms with Crippen LogP contribution in [-0.4, -0.2) is 17.9 Å². The fourth-order valence-corrected chi connectivity index (χ4v) is 1.47. The zero-order valence-corrected chi connectivity index (χ0v) is 8.95. The molecule has 0 aliphatic carbocycles. The van der Waals surface area contributed by atoms with Crippen molar-refractivity contribution in [3.05, 3.63) is 48.3 Å². The maximum absolute atomic E-state index is 11.8. The van der Waals surface area contributed by atoms with Crippen molar-refractivity contribution >= 4 is 17.3 Å². The van der Waals surface area contributed by atoms with E-state index in [1.165, 1.54) is 0 Å². The Kier molecular flexibility index (Phi) is 2.91. The summed E-state index contributed by atoms with van der Waals surface area (Å²) >= 11 is 0. The number of benzene rings is 1. The number of para-hydroxylation sites is 2. The summed E-state index contributed by atoms with van der Waals surface area (Å²) in [6.45, 7) is 0. The number of aromatic nitrogens is 1. The summed E-state index contributed by atoms with van der Waals surface area (Å²) < 4.78 is 0. The summed E-state index contributed by atoms with van der Waals surface area (Å²) in [5, 5.41) is 5.85. The number of rotatable bonds is 3. The molecule has 0 radical (unpaired) electrons. The first kappa shape index (κ1) is 10.3. The third-order valence-electron chi connectivity index (χ3n) is 2.29. The van der Waals surface area contributed by atoms with E-state index >= 15 is 0 Å². The number of amides is 1. The van der Waals surface area contributed by atoms with Crippen LogP contribution in [0.4, 0.5) is 11.4 Å². The van der Waals surface area contributed by atoms with E-state index in [9.17, 15) is 4.79 Å². The molecule has 0 saturated carbocycles. The molecule has 2 rings (SSSR count). The summed E-state index contributed by atoms with van der Waals surface area (Å²) in [6, 6.07) is 11.1. The van der Waals surface area contributed by atoms with Gasteiger partial charge in [-0.15, -0.1) is 0 Å². The minimum absolute atomic E-state index is 0.146. The summed E-state index contributed by atoms with van der Waals surface area (Å²) in [4.78, 5) is 14.6. The van der Waals surface area contributed by atoms with Crippen molar-refractivity contribution in [3.8, 4) is 0 Å². The number of hydrogen-bond acceptors (Lipinski definition) is 2. The maximum atomic E-state index is 11.8. The van der Waals surface area contributed by atoms with Crippen LogP contribution in [0.15, 0.2) is 42.6 Å². The number of carbonyl (C=O) groups excluding carboxylic acids is 1. The van der Waals surface area contributed by atoms with Crippen LogP contribution < -0.4 is 10.6 Å². The average molecular weight is 215 g/mol. The van der Waals surface area contributed by atoms with Gasteiger partial charge in [-0.1, -0.05) is 12.1 Å². The topological polar surface area (TPSA) is 56.9 Å². The molecule has 1 heterocycles. The highest BCUT2D eigenvalue weighted by atomic mass is 16.1. The minimum atomic E-state index is -0.146. The quantitative estimate of drug-likeness (QED) is 0.735. The molecule has 0 unspecified atom stereocenters. The number of H-pyrrole nitrogens is 1. The van der Waals surface area contributed by atoms with Crippen LogP contribution in [0, 0.1) is 0 Å². The third-order valence-corrected chi connectivity index (χ3v) is 2.29. The fraction of sp³-hybridized carbons (Fsp3) is 0.0833. The second-order valence-electron chi connectivity index (χ2n) is 3.33. The normalized spacial score (nSPS) is 9.81. The van der Waals surface area contributed by atoms with Crippen molar-refractivity contribution in [3.63, 3.8) is 0 Å². The molecule has 0 saturated heterocycles. The Morgan fingerprint density at radius 3 is 2.50 bits per heavy atom. The van der Waals surface area contributed by atoms with Gasteiger partial charge in [0.25, 0.3) is 5.91 Å². The molecule has 4 nitrogen and oxygen atoms in total. The molecule has 82 valence electrons. The smallest absolute Gasteiger partial charge is 0.272 e. The van der Waals surface area contributed by atoms with E-state index < -0.39 is 0 Å². The van der Waals surface area contributed by atoms with Gasteiger partial charge in [-0.2, -0.15) is 0 Å². The number of nitrogens with one attached hydrogen (secondary N) is 3. The van der Waals surface area contributed by atoms with Crippen molar-refractivity contribution in [2.24, 2.45) is 0 Å². The van der Waals surface area contributed by atoms with Crippen LogP contribution in [-0.2, 0) is 0 Å². The van der Waals surface area contributed by atoms with Crippen LogP contribution >= 0.6 is 0 Å². The van der Waals surface area contributed by atoms with Crippen molar-refractivity contribution < 1.29 is 4.79 Å². The van der Waals surface area contributed by atoms with E-state index in [1.54, 1.807) is 18.3 Å².